The standard InChI is InChI=1S/C13H16N4/c1-3-15-13-16-9-10(2)12(17-13)8-11-4-6-14-7-5-11/h4-7,9H,3,8H2,1-2H3,(H,15,16,17). The van der Waals surface area contributed by atoms with Crippen LogP contribution in [0.3, 0.4) is 0 Å². The van der Waals surface area contributed by atoms with E-state index in [1.807, 2.05) is 32.2 Å². The molecule has 17 heavy (non-hydrogen) atoms. The quantitative estimate of drug-likeness (QED) is 0.871. The van der Waals surface area contributed by atoms with Crippen molar-refractivity contribution < 1.29 is 0 Å². The van der Waals surface area contributed by atoms with Gasteiger partial charge in [0.1, 0.15) is 0 Å². The zero-order valence-corrected chi connectivity index (χ0v) is 10.1. The summed E-state index contributed by atoms with van der Waals surface area (Å²) in [6, 6.07) is 4.02. The van der Waals surface area contributed by atoms with Crippen LogP contribution >= 0.6 is 0 Å². The molecule has 4 nitrogen and oxygen atoms in total. The molecule has 0 radical (unpaired) electrons. The van der Waals surface area contributed by atoms with Gasteiger partial charge >= 0.3 is 0 Å². The van der Waals surface area contributed by atoms with Crippen LogP contribution in [0.15, 0.2) is 30.7 Å². The molecule has 1 N–H and O–H groups in total. The lowest BCUT2D eigenvalue weighted by Crippen LogP contribution is -2.06. The van der Waals surface area contributed by atoms with Crippen molar-refractivity contribution in [2.45, 2.75) is 20.3 Å². The van der Waals surface area contributed by atoms with Crippen molar-refractivity contribution >= 4 is 5.95 Å². The fourth-order valence-corrected chi connectivity index (χ4v) is 1.59. The Morgan fingerprint density at radius 2 is 2.00 bits per heavy atom. The molecule has 0 amide bonds. The van der Waals surface area contributed by atoms with Gasteiger partial charge in [0.2, 0.25) is 5.95 Å². The number of hydrogen-bond acceptors (Lipinski definition) is 4. The second-order valence-electron chi connectivity index (χ2n) is 3.89. The molecule has 2 rings (SSSR count). The van der Waals surface area contributed by atoms with Gasteiger partial charge in [-0.05, 0) is 37.1 Å². The normalized spacial score (nSPS) is 10.2. The van der Waals surface area contributed by atoms with Crippen molar-refractivity contribution in [2.24, 2.45) is 0 Å². The lowest BCUT2D eigenvalue weighted by molar-refractivity contribution is 0.978. The number of hydrogen-bond donors (Lipinski definition) is 1. The first kappa shape index (κ1) is 11.5. The molecule has 88 valence electrons. The second kappa shape index (κ2) is 5.39. The number of aromatic nitrogens is 3. The van der Waals surface area contributed by atoms with Gasteiger partial charge in [0.25, 0.3) is 0 Å². The van der Waals surface area contributed by atoms with Crippen LogP contribution in [0.25, 0.3) is 0 Å². The Hall–Kier alpha value is -1.97. The molecule has 2 aromatic rings. The zero-order chi connectivity index (χ0) is 12.1. The maximum atomic E-state index is 4.51. The van der Waals surface area contributed by atoms with Crippen LogP contribution in [0.5, 0.6) is 0 Å². The number of pyridine rings is 1. The number of anilines is 1. The minimum Gasteiger partial charge on any atom is -0.354 e. The van der Waals surface area contributed by atoms with Crippen LogP contribution in [-0.4, -0.2) is 21.5 Å². The Labute approximate surface area is 101 Å². The molecule has 0 aliphatic heterocycles. The highest BCUT2D eigenvalue weighted by atomic mass is 15.1. The van der Waals surface area contributed by atoms with E-state index in [2.05, 4.69) is 20.3 Å². The maximum Gasteiger partial charge on any atom is 0.222 e. The lowest BCUT2D eigenvalue weighted by atomic mass is 10.1. The summed E-state index contributed by atoms with van der Waals surface area (Å²) in [6.07, 6.45) is 6.28. The van der Waals surface area contributed by atoms with E-state index >= 15 is 0 Å². The molecule has 0 unspecified atom stereocenters. The molecule has 0 aromatic carbocycles. The van der Waals surface area contributed by atoms with Crippen LogP contribution < -0.4 is 5.32 Å². The average molecular weight is 228 g/mol. The molecule has 0 aliphatic rings. The SMILES string of the molecule is CCNc1ncc(C)c(Cc2ccncc2)n1. The van der Waals surface area contributed by atoms with Crippen LogP contribution in [0.2, 0.25) is 0 Å². The van der Waals surface area contributed by atoms with Crippen molar-refractivity contribution in [1.82, 2.24) is 15.0 Å². The van der Waals surface area contributed by atoms with Crippen molar-refractivity contribution in [2.75, 3.05) is 11.9 Å². The first-order valence-electron chi connectivity index (χ1n) is 5.75. The Bertz CT molecular complexity index is 482. The van der Waals surface area contributed by atoms with Crippen molar-refractivity contribution in [3.63, 3.8) is 0 Å². The van der Waals surface area contributed by atoms with Crippen LogP contribution in [0, 0.1) is 6.92 Å². The highest BCUT2D eigenvalue weighted by Crippen LogP contribution is 2.12. The Morgan fingerprint density at radius 3 is 2.71 bits per heavy atom. The number of nitrogens with one attached hydrogen (secondary N) is 1. The fourth-order valence-electron chi connectivity index (χ4n) is 1.59. The van der Waals surface area contributed by atoms with E-state index in [-0.39, 0.29) is 0 Å². The molecule has 0 saturated carbocycles. The van der Waals surface area contributed by atoms with E-state index in [1.165, 1.54) is 5.56 Å². The van der Waals surface area contributed by atoms with Crippen molar-refractivity contribution in [3.8, 4) is 0 Å². The summed E-state index contributed by atoms with van der Waals surface area (Å²) in [6.45, 7) is 4.90. The van der Waals surface area contributed by atoms with Gasteiger partial charge in [-0.15, -0.1) is 0 Å². The van der Waals surface area contributed by atoms with Gasteiger partial charge in [0.05, 0.1) is 5.69 Å². The van der Waals surface area contributed by atoms with Crippen molar-refractivity contribution in [3.05, 3.63) is 47.5 Å². The molecular weight excluding hydrogens is 212 g/mol. The lowest BCUT2D eigenvalue weighted by Gasteiger charge is -2.07. The third kappa shape index (κ3) is 3.00. The van der Waals surface area contributed by atoms with E-state index in [0.717, 1.165) is 24.2 Å². The molecule has 2 aromatic heterocycles. The van der Waals surface area contributed by atoms with E-state index in [9.17, 15) is 0 Å². The summed E-state index contributed by atoms with van der Waals surface area (Å²) in [5.41, 5.74) is 3.38. The monoisotopic (exact) mass is 228 g/mol. The maximum absolute atomic E-state index is 4.51. The van der Waals surface area contributed by atoms with Gasteiger partial charge < -0.3 is 5.32 Å². The molecule has 0 saturated heterocycles. The molecule has 0 fully saturated rings. The van der Waals surface area contributed by atoms with Gasteiger partial charge in [-0.3, -0.25) is 4.98 Å². The number of aryl methyl sites for hydroxylation is 1. The van der Waals surface area contributed by atoms with Crippen molar-refractivity contribution in [1.29, 1.82) is 0 Å². The predicted octanol–water partition coefficient (Wildman–Crippen LogP) is 2.20. The largest absolute Gasteiger partial charge is 0.354 e. The van der Waals surface area contributed by atoms with E-state index in [1.54, 1.807) is 12.4 Å². The summed E-state index contributed by atoms with van der Waals surface area (Å²) >= 11 is 0. The molecule has 0 atom stereocenters. The highest BCUT2D eigenvalue weighted by molar-refractivity contribution is 5.31. The van der Waals surface area contributed by atoms with Crippen LogP contribution in [0.1, 0.15) is 23.7 Å². The summed E-state index contributed by atoms with van der Waals surface area (Å²) in [5, 5.41) is 3.13. The highest BCUT2D eigenvalue weighted by Gasteiger charge is 2.04. The summed E-state index contributed by atoms with van der Waals surface area (Å²) in [5.74, 6) is 0.696. The molecule has 4 heteroatoms. The average Bonchev–Trinajstić information content (AvgIpc) is 2.35. The van der Waals surface area contributed by atoms with E-state index < -0.39 is 0 Å². The van der Waals surface area contributed by atoms with E-state index in [0.29, 0.717) is 5.95 Å². The Balaban J connectivity index is 2.22. The minimum absolute atomic E-state index is 0.696. The summed E-state index contributed by atoms with van der Waals surface area (Å²) in [7, 11) is 0. The first-order chi connectivity index (χ1) is 8.29. The topological polar surface area (TPSA) is 50.7 Å². The molecule has 0 bridgehead atoms. The Morgan fingerprint density at radius 1 is 1.24 bits per heavy atom. The number of nitrogens with zero attached hydrogens (tertiary/aromatic N) is 3. The third-order valence-corrected chi connectivity index (χ3v) is 2.53. The minimum atomic E-state index is 0.696. The van der Waals surface area contributed by atoms with Gasteiger partial charge in [0.15, 0.2) is 0 Å². The number of rotatable bonds is 4. The molecule has 0 aliphatic carbocycles. The van der Waals surface area contributed by atoms with Gasteiger partial charge in [-0.2, -0.15) is 0 Å². The van der Waals surface area contributed by atoms with Gasteiger partial charge in [-0.1, -0.05) is 0 Å². The van der Waals surface area contributed by atoms with Crippen LogP contribution in [-0.2, 0) is 6.42 Å². The summed E-state index contributed by atoms with van der Waals surface area (Å²) < 4.78 is 0. The smallest absolute Gasteiger partial charge is 0.222 e. The molecule has 0 spiro atoms. The van der Waals surface area contributed by atoms with Gasteiger partial charge in [-0.25, -0.2) is 9.97 Å². The fraction of sp³-hybridized carbons (Fsp3) is 0.308. The zero-order valence-electron chi connectivity index (χ0n) is 10.1. The summed E-state index contributed by atoms with van der Waals surface area (Å²) in [4.78, 5) is 12.8. The van der Waals surface area contributed by atoms with E-state index in [4.69, 9.17) is 0 Å². The molecular formula is C13H16N4. The van der Waals surface area contributed by atoms with Gasteiger partial charge in [0, 0.05) is 31.6 Å². The van der Waals surface area contributed by atoms with Crippen LogP contribution in [0.4, 0.5) is 5.95 Å². The molecule has 2 heterocycles. The third-order valence-electron chi connectivity index (χ3n) is 2.53. The predicted molar refractivity (Wildman–Crippen MR) is 68.0 cm³/mol. The second-order valence-corrected chi connectivity index (χ2v) is 3.89. The first-order valence-corrected chi connectivity index (χ1v) is 5.75. The Kier molecular flexibility index (Phi) is 3.65.